The van der Waals surface area contributed by atoms with Gasteiger partial charge in [-0.2, -0.15) is 0 Å². The minimum absolute atomic E-state index is 0.160. The maximum absolute atomic E-state index is 12.9. The van der Waals surface area contributed by atoms with Gasteiger partial charge in [0.15, 0.2) is 23.0 Å². The molecule has 50 heavy (non-hydrogen) atoms. The molecule has 0 radical (unpaired) electrons. The highest BCUT2D eigenvalue weighted by molar-refractivity contribution is 6.31. The number of fused-ring (bicyclic) bond motifs is 3. The van der Waals surface area contributed by atoms with Crippen molar-refractivity contribution in [2.45, 2.75) is 30.6 Å². The van der Waals surface area contributed by atoms with Gasteiger partial charge >= 0.3 is 5.97 Å². The van der Waals surface area contributed by atoms with Crippen LogP contribution >= 0.6 is 11.6 Å². The lowest BCUT2D eigenvalue weighted by Crippen LogP contribution is -2.36. The Morgan fingerprint density at radius 1 is 0.960 bits per heavy atom. The molecule has 1 N–H and O–H groups in total. The van der Waals surface area contributed by atoms with Gasteiger partial charge in [0, 0.05) is 34.8 Å². The molecule has 0 saturated heterocycles. The second kappa shape index (κ2) is 14.8. The highest BCUT2D eigenvalue weighted by atomic mass is 35.5. The molecule has 3 aliphatic heterocycles. The molecule has 0 bridgehead atoms. The molecule has 0 aromatic heterocycles. The van der Waals surface area contributed by atoms with E-state index < -0.39 is 17.7 Å². The summed E-state index contributed by atoms with van der Waals surface area (Å²) in [7, 11) is 10.7. The standard InChI is InChI=1S/C22H23NO7.C17H20ClNO/c1-23-8-7-11-9-14-20(29-10-28-14)21(27-4)15(11)17(23)18-12-5-6-13(25-2)19(26-3)16(12)22(24)30-18;1-19(2)13-12-17(20,14-8-4-3-5-9-14)15-10-6-7-11-16(15)18/h5-6,9,17-18H,7-8,10H2,1-4H3;3-11,20H,12-13H2,1-2H3/t17-,18+;/m1./s1. The molecule has 1 unspecified atom stereocenters. The number of carbonyl (C=O) groups excluding carboxylic acids is 1. The third kappa shape index (κ3) is 6.44. The van der Waals surface area contributed by atoms with Gasteiger partial charge in [0.25, 0.3) is 0 Å². The van der Waals surface area contributed by atoms with E-state index in [4.69, 9.17) is 40.0 Å². The summed E-state index contributed by atoms with van der Waals surface area (Å²) in [6.07, 6.45) is 0.897. The molecule has 0 saturated carbocycles. The highest BCUT2D eigenvalue weighted by Crippen LogP contribution is 2.55. The minimum atomic E-state index is -1.07. The Morgan fingerprint density at radius 2 is 1.68 bits per heavy atom. The molecule has 0 fully saturated rings. The predicted octanol–water partition coefficient (Wildman–Crippen LogP) is 6.41. The van der Waals surface area contributed by atoms with Crippen LogP contribution in [-0.4, -0.2) is 83.2 Å². The molecular formula is C39H43ClN2O8. The Bertz CT molecular complexity index is 1850. The second-order valence-electron chi connectivity index (χ2n) is 12.7. The van der Waals surface area contributed by atoms with Crippen molar-refractivity contribution in [1.29, 1.82) is 0 Å². The maximum Gasteiger partial charge on any atom is 0.343 e. The van der Waals surface area contributed by atoms with Gasteiger partial charge < -0.3 is 38.4 Å². The van der Waals surface area contributed by atoms with Crippen LogP contribution in [0, 0.1) is 0 Å². The summed E-state index contributed by atoms with van der Waals surface area (Å²) in [4.78, 5) is 17.1. The van der Waals surface area contributed by atoms with Gasteiger partial charge in [-0.15, -0.1) is 0 Å². The van der Waals surface area contributed by atoms with E-state index in [1.165, 1.54) is 7.11 Å². The van der Waals surface area contributed by atoms with Gasteiger partial charge in [-0.05, 0) is 63.3 Å². The van der Waals surface area contributed by atoms with E-state index >= 15 is 0 Å². The largest absolute Gasteiger partial charge is 0.493 e. The number of benzene rings is 4. The van der Waals surface area contributed by atoms with Crippen LogP contribution < -0.4 is 23.7 Å². The van der Waals surface area contributed by atoms with Crippen LogP contribution in [0.4, 0.5) is 0 Å². The number of hydrogen-bond donors (Lipinski definition) is 1. The Morgan fingerprint density at radius 3 is 2.36 bits per heavy atom. The number of carbonyl (C=O) groups is 1. The van der Waals surface area contributed by atoms with E-state index in [0.717, 1.165) is 47.3 Å². The molecule has 3 aliphatic rings. The van der Waals surface area contributed by atoms with E-state index in [1.807, 2.05) is 87.9 Å². The Kier molecular flexibility index (Phi) is 10.5. The zero-order valence-electron chi connectivity index (χ0n) is 29.2. The third-order valence-electron chi connectivity index (χ3n) is 9.55. The second-order valence-corrected chi connectivity index (χ2v) is 13.1. The van der Waals surface area contributed by atoms with E-state index in [9.17, 15) is 9.90 Å². The first kappa shape index (κ1) is 35.3. The van der Waals surface area contributed by atoms with Crippen molar-refractivity contribution >= 4 is 17.6 Å². The van der Waals surface area contributed by atoms with Crippen molar-refractivity contribution in [2.24, 2.45) is 0 Å². The predicted molar refractivity (Wildman–Crippen MR) is 190 cm³/mol. The lowest BCUT2D eigenvalue weighted by Gasteiger charge is -2.38. The number of halogens is 1. The first-order chi connectivity index (χ1) is 24.1. The van der Waals surface area contributed by atoms with Crippen LogP contribution in [0.15, 0.2) is 72.8 Å². The summed E-state index contributed by atoms with van der Waals surface area (Å²) in [5, 5.41) is 11.9. The number of nitrogens with zero attached hydrogens (tertiary/aromatic N) is 2. The smallest absolute Gasteiger partial charge is 0.343 e. The lowest BCUT2D eigenvalue weighted by atomic mass is 9.83. The topological polar surface area (TPSA) is 99.2 Å². The van der Waals surface area contributed by atoms with Crippen molar-refractivity contribution in [2.75, 3.05) is 62.4 Å². The molecular weight excluding hydrogens is 660 g/mol. The summed E-state index contributed by atoms with van der Waals surface area (Å²) < 4.78 is 33.8. The Labute approximate surface area is 298 Å². The number of cyclic esters (lactones) is 1. The maximum atomic E-state index is 12.9. The van der Waals surface area contributed by atoms with Gasteiger partial charge in [-0.25, -0.2) is 4.79 Å². The number of esters is 1. The number of hydrogen-bond acceptors (Lipinski definition) is 10. The van der Waals surface area contributed by atoms with Crippen LogP contribution in [0.5, 0.6) is 28.7 Å². The van der Waals surface area contributed by atoms with Crippen molar-refractivity contribution in [3.8, 4) is 28.7 Å². The average Bonchev–Trinajstić information content (AvgIpc) is 3.74. The fourth-order valence-electron chi connectivity index (χ4n) is 7.04. The number of likely N-dealkylation sites (N-methyl/N-ethyl adjacent to an activating group) is 1. The van der Waals surface area contributed by atoms with Gasteiger partial charge in [0.2, 0.25) is 12.5 Å². The molecule has 0 amide bonds. The van der Waals surface area contributed by atoms with Crippen molar-refractivity contribution in [3.63, 3.8) is 0 Å². The fraction of sp³-hybridized carbons (Fsp3) is 0.359. The Hall–Kier alpha value is -4.48. The molecule has 10 nitrogen and oxygen atoms in total. The summed E-state index contributed by atoms with van der Waals surface area (Å²) >= 11 is 6.30. The van der Waals surface area contributed by atoms with E-state index in [1.54, 1.807) is 20.3 Å². The summed E-state index contributed by atoms with van der Waals surface area (Å²) in [6, 6.07) is 22.6. The normalized spacial score (nSPS) is 18.7. The molecule has 7 rings (SSSR count). The minimum Gasteiger partial charge on any atom is -0.493 e. The zero-order valence-corrected chi connectivity index (χ0v) is 30.0. The molecule has 4 aromatic rings. The molecule has 3 atom stereocenters. The van der Waals surface area contributed by atoms with Crippen molar-refractivity contribution in [1.82, 2.24) is 9.80 Å². The molecule has 4 aromatic carbocycles. The quantitative estimate of drug-likeness (QED) is 0.197. The first-order valence-corrected chi connectivity index (χ1v) is 16.8. The van der Waals surface area contributed by atoms with Crippen LogP contribution in [0.2, 0.25) is 5.02 Å². The van der Waals surface area contributed by atoms with E-state index in [0.29, 0.717) is 45.8 Å². The van der Waals surface area contributed by atoms with Crippen LogP contribution in [0.25, 0.3) is 0 Å². The van der Waals surface area contributed by atoms with Gasteiger partial charge in [0.1, 0.15) is 17.3 Å². The fourth-order valence-corrected chi connectivity index (χ4v) is 7.33. The monoisotopic (exact) mass is 702 g/mol. The molecule has 0 spiro atoms. The number of rotatable bonds is 9. The van der Waals surface area contributed by atoms with Gasteiger partial charge in [0.05, 0.1) is 27.4 Å². The van der Waals surface area contributed by atoms with Gasteiger partial charge in [-0.3, -0.25) is 4.90 Å². The lowest BCUT2D eigenvalue weighted by molar-refractivity contribution is 0.00873. The molecule has 11 heteroatoms. The molecule has 264 valence electrons. The zero-order chi connectivity index (χ0) is 35.6. The van der Waals surface area contributed by atoms with Crippen LogP contribution in [0.1, 0.15) is 56.7 Å². The SMILES string of the molecule is CN(C)CCC(O)(c1ccccc1)c1ccccc1Cl.COc1ccc2c(c1OC)C(=O)O[C@@H]2[C@H]1c2c(cc3c(c2OC)OCO3)CCN1C. The van der Waals surface area contributed by atoms with Gasteiger partial charge in [-0.1, -0.05) is 66.2 Å². The summed E-state index contributed by atoms with van der Waals surface area (Å²) in [6.45, 7) is 1.74. The van der Waals surface area contributed by atoms with Crippen molar-refractivity contribution < 1.29 is 38.3 Å². The summed E-state index contributed by atoms with van der Waals surface area (Å²) in [5.41, 5.74) is 3.79. The van der Waals surface area contributed by atoms with Crippen LogP contribution in [0.3, 0.4) is 0 Å². The highest BCUT2D eigenvalue weighted by Gasteiger charge is 2.46. The number of aliphatic hydroxyl groups is 1. The van der Waals surface area contributed by atoms with Crippen LogP contribution in [-0.2, 0) is 16.8 Å². The van der Waals surface area contributed by atoms with E-state index in [2.05, 4.69) is 9.80 Å². The summed E-state index contributed by atoms with van der Waals surface area (Å²) in [5.74, 6) is 2.36. The third-order valence-corrected chi connectivity index (χ3v) is 9.88. The molecule has 3 heterocycles. The van der Waals surface area contributed by atoms with E-state index in [-0.39, 0.29) is 12.8 Å². The number of ether oxygens (including phenoxy) is 6. The Balaban J connectivity index is 0.000000189. The first-order valence-electron chi connectivity index (χ1n) is 16.5. The molecule has 0 aliphatic carbocycles. The average molecular weight is 703 g/mol. The van der Waals surface area contributed by atoms with Crippen molar-refractivity contribution in [3.05, 3.63) is 111 Å². The number of methoxy groups -OCH3 is 3.